The summed E-state index contributed by atoms with van der Waals surface area (Å²) in [6.45, 7) is 2.89. The van der Waals surface area contributed by atoms with Gasteiger partial charge in [0, 0.05) is 37.2 Å². The fourth-order valence-corrected chi connectivity index (χ4v) is 4.56. The molecular weight excluding hydrogens is 470 g/mol. The molecule has 3 aromatic carbocycles. The van der Waals surface area contributed by atoms with E-state index in [0.29, 0.717) is 48.7 Å². The van der Waals surface area contributed by atoms with Gasteiger partial charge in [-0.1, -0.05) is 36.4 Å². The number of amides is 3. The first-order valence-electron chi connectivity index (χ1n) is 12.4. The lowest BCUT2D eigenvalue weighted by Gasteiger charge is -2.39. The first kappa shape index (κ1) is 24.4. The zero-order valence-electron chi connectivity index (χ0n) is 20.6. The van der Waals surface area contributed by atoms with Crippen LogP contribution in [0.2, 0.25) is 0 Å². The fourth-order valence-electron chi connectivity index (χ4n) is 4.56. The van der Waals surface area contributed by atoms with Crippen LogP contribution in [-0.4, -0.2) is 54.5 Å². The third-order valence-corrected chi connectivity index (χ3v) is 6.68. The second-order valence-corrected chi connectivity index (χ2v) is 9.33. The smallest absolute Gasteiger partial charge is 0.258 e. The molecule has 0 aromatic heterocycles. The Kier molecular flexibility index (Phi) is 7.07. The van der Waals surface area contributed by atoms with Crippen LogP contribution < -0.4 is 20.1 Å². The number of carbonyl (C=O) groups is 3. The maximum absolute atomic E-state index is 13.3. The number of hydrogen-bond donors (Lipinski definition) is 2. The number of carbonyl (C=O) groups excluding carboxylic acids is 3. The molecule has 3 amide bonds. The number of piperidine rings is 1. The zero-order chi connectivity index (χ0) is 25.8. The number of fused-ring (bicyclic) bond motifs is 7. The van der Waals surface area contributed by atoms with Crippen molar-refractivity contribution >= 4 is 17.7 Å². The minimum absolute atomic E-state index is 0.0794. The van der Waals surface area contributed by atoms with Crippen molar-refractivity contribution in [3.05, 3.63) is 95.1 Å². The zero-order valence-corrected chi connectivity index (χ0v) is 20.6. The molecule has 0 radical (unpaired) electrons. The number of rotatable bonds is 1. The Hall–Kier alpha value is -4.33. The number of nitrogens with zero attached hydrogens (tertiary/aromatic N) is 1. The van der Waals surface area contributed by atoms with E-state index in [4.69, 9.17) is 9.47 Å². The molecule has 0 saturated carbocycles. The van der Waals surface area contributed by atoms with Crippen LogP contribution >= 0.6 is 0 Å². The summed E-state index contributed by atoms with van der Waals surface area (Å²) in [5, 5.41) is 5.93. The van der Waals surface area contributed by atoms with E-state index in [1.54, 1.807) is 35.2 Å². The number of ether oxygens (including phenoxy) is 2. The molecule has 2 N–H and O–H groups in total. The number of nitrogens with one attached hydrogen (secondary N) is 2. The molecule has 3 heterocycles. The van der Waals surface area contributed by atoms with Gasteiger partial charge in [-0.2, -0.15) is 0 Å². The molecule has 37 heavy (non-hydrogen) atoms. The normalized spacial score (nSPS) is 20.0. The second kappa shape index (κ2) is 10.7. The Morgan fingerprint density at radius 3 is 2.57 bits per heavy atom. The third-order valence-electron chi connectivity index (χ3n) is 6.68. The van der Waals surface area contributed by atoms with Crippen molar-refractivity contribution in [2.45, 2.75) is 32.0 Å². The highest BCUT2D eigenvalue weighted by molar-refractivity contribution is 5.96. The number of likely N-dealkylation sites (tertiary alicyclic amines) is 1. The van der Waals surface area contributed by atoms with Crippen LogP contribution in [0.5, 0.6) is 11.5 Å². The van der Waals surface area contributed by atoms with Gasteiger partial charge in [-0.3, -0.25) is 14.4 Å². The lowest BCUT2D eigenvalue weighted by atomic mass is 9.99. The molecule has 6 rings (SSSR count). The summed E-state index contributed by atoms with van der Waals surface area (Å²) in [5.74, 6) is 0.486. The second-order valence-electron chi connectivity index (χ2n) is 9.33. The predicted molar refractivity (Wildman–Crippen MR) is 138 cm³/mol. The Morgan fingerprint density at radius 1 is 1.00 bits per heavy atom. The SMILES string of the molecule is Cc1ccc2cc1OCC(=O)NCc1ccc(cc1)O[C@H]1CCN(C(=O)c3ccccc3)C[C@@H]1NC2=O. The number of benzene rings is 3. The van der Waals surface area contributed by atoms with Crippen molar-refractivity contribution in [1.82, 2.24) is 15.5 Å². The van der Waals surface area contributed by atoms with Gasteiger partial charge in [-0.25, -0.2) is 0 Å². The van der Waals surface area contributed by atoms with E-state index in [1.165, 1.54) is 0 Å². The first-order valence-corrected chi connectivity index (χ1v) is 12.4. The van der Waals surface area contributed by atoms with Crippen LogP contribution in [0.1, 0.15) is 38.3 Å². The van der Waals surface area contributed by atoms with Crippen LogP contribution in [0.3, 0.4) is 0 Å². The van der Waals surface area contributed by atoms with Gasteiger partial charge in [0.2, 0.25) is 0 Å². The molecule has 190 valence electrons. The van der Waals surface area contributed by atoms with E-state index in [-0.39, 0.29) is 30.4 Å². The summed E-state index contributed by atoms with van der Waals surface area (Å²) in [6, 6.07) is 21.3. The Morgan fingerprint density at radius 2 is 1.78 bits per heavy atom. The average molecular weight is 500 g/mol. The van der Waals surface area contributed by atoms with E-state index in [1.807, 2.05) is 49.4 Å². The summed E-state index contributed by atoms with van der Waals surface area (Å²) in [7, 11) is 0. The number of aryl methyl sites for hydroxylation is 1. The monoisotopic (exact) mass is 499 g/mol. The van der Waals surface area contributed by atoms with E-state index >= 15 is 0 Å². The van der Waals surface area contributed by atoms with Crippen LogP contribution in [0.15, 0.2) is 72.8 Å². The van der Waals surface area contributed by atoms with Gasteiger partial charge in [0.25, 0.3) is 17.7 Å². The molecule has 2 atom stereocenters. The van der Waals surface area contributed by atoms with Gasteiger partial charge in [0.05, 0.1) is 6.04 Å². The lowest BCUT2D eigenvalue weighted by molar-refractivity contribution is -0.123. The van der Waals surface area contributed by atoms with Crippen molar-refractivity contribution < 1.29 is 23.9 Å². The molecule has 3 aliphatic rings. The molecule has 1 saturated heterocycles. The highest BCUT2D eigenvalue weighted by Crippen LogP contribution is 2.24. The van der Waals surface area contributed by atoms with E-state index in [2.05, 4.69) is 10.6 Å². The largest absolute Gasteiger partial charge is 0.488 e. The maximum Gasteiger partial charge on any atom is 0.258 e. The van der Waals surface area contributed by atoms with Gasteiger partial charge in [-0.05, 0) is 54.4 Å². The standard InChI is InChI=1S/C29H29N3O5/c1-19-7-10-22-15-26(19)36-18-27(33)30-16-20-8-11-23(12-9-20)37-25-13-14-32(17-24(25)31-28(22)34)29(35)21-5-3-2-4-6-21/h2-12,15,24-25H,13-14,16-18H2,1H3,(H,30,33)(H,31,34)/t24-,25-/m0/s1. The summed E-state index contributed by atoms with van der Waals surface area (Å²) in [6.07, 6.45) is 0.232. The molecule has 1 fully saturated rings. The summed E-state index contributed by atoms with van der Waals surface area (Å²) < 4.78 is 12.0. The summed E-state index contributed by atoms with van der Waals surface area (Å²) >= 11 is 0. The van der Waals surface area contributed by atoms with Crippen molar-refractivity contribution in [3.63, 3.8) is 0 Å². The van der Waals surface area contributed by atoms with Gasteiger partial charge in [0.15, 0.2) is 6.61 Å². The Bertz CT molecular complexity index is 1290. The predicted octanol–water partition coefficient (Wildman–Crippen LogP) is 3.10. The molecule has 4 bridgehead atoms. The van der Waals surface area contributed by atoms with E-state index in [9.17, 15) is 14.4 Å². The lowest BCUT2D eigenvalue weighted by Crippen LogP contribution is -2.58. The molecule has 8 heteroatoms. The van der Waals surface area contributed by atoms with Crippen molar-refractivity contribution in [3.8, 4) is 11.5 Å². The molecule has 0 aliphatic carbocycles. The fraction of sp³-hybridized carbons (Fsp3) is 0.276. The highest BCUT2D eigenvalue weighted by atomic mass is 16.5. The quantitative estimate of drug-likeness (QED) is 0.536. The minimum Gasteiger partial charge on any atom is -0.488 e. The average Bonchev–Trinajstić information content (AvgIpc) is 2.92. The molecule has 0 unspecified atom stereocenters. The maximum atomic E-state index is 13.3. The summed E-state index contributed by atoms with van der Waals surface area (Å²) in [5.41, 5.74) is 2.75. The summed E-state index contributed by atoms with van der Waals surface area (Å²) in [4.78, 5) is 40.5. The Balaban J connectivity index is 1.43. The molecule has 3 aliphatic heterocycles. The Labute approximate surface area is 215 Å². The van der Waals surface area contributed by atoms with Crippen LogP contribution in [-0.2, 0) is 11.3 Å². The van der Waals surface area contributed by atoms with Gasteiger partial charge >= 0.3 is 0 Å². The van der Waals surface area contributed by atoms with Crippen molar-refractivity contribution in [2.24, 2.45) is 0 Å². The third kappa shape index (κ3) is 5.74. The van der Waals surface area contributed by atoms with Crippen LogP contribution in [0.4, 0.5) is 0 Å². The minimum atomic E-state index is -0.432. The molecule has 0 spiro atoms. The topological polar surface area (TPSA) is 97.0 Å². The van der Waals surface area contributed by atoms with E-state index < -0.39 is 6.04 Å². The number of hydrogen-bond acceptors (Lipinski definition) is 5. The van der Waals surface area contributed by atoms with Gasteiger partial charge < -0.3 is 25.0 Å². The van der Waals surface area contributed by atoms with Crippen molar-refractivity contribution in [1.29, 1.82) is 0 Å². The van der Waals surface area contributed by atoms with E-state index in [0.717, 1.165) is 11.1 Å². The highest BCUT2D eigenvalue weighted by Gasteiger charge is 2.34. The molecular formula is C29H29N3O5. The van der Waals surface area contributed by atoms with Crippen LogP contribution in [0.25, 0.3) is 0 Å². The molecule has 8 nitrogen and oxygen atoms in total. The molecule has 3 aromatic rings. The first-order chi connectivity index (χ1) is 18.0. The van der Waals surface area contributed by atoms with Gasteiger partial charge in [-0.15, -0.1) is 0 Å². The van der Waals surface area contributed by atoms with Crippen LogP contribution in [0, 0.1) is 6.92 Å². The van der Waals surface area contributed by atoms with Gasteiger partial charge in [0.1, 0.15) is 17.6 Å². The van der Waals surface area contributed by atoms with Crippen molar-refractivity contribution in [2.75, 3.05) is 19.7 Å².